The zero-order valence-corrected chi connectivity index (χ0v) is 21.3. The van der Waals surface area contributed by atoms with Crippen molar-refractivity contribution in [2.45, 2.75) is 116 Å². The summed E-state index contributed by atoms with van der Waals surface area (Å²) in [4.78, 5) is 11.2. The largest absolute Gasteiger partial charge is 0.353 e. The lowest BCUT2D eigenvalue weighted by atomic mass is 9.74. The van der Waals surface area contributed by atoms with E-state index < -0.39 is 0 Å². The average Bonchev–Trinajstić information content (AvgIpc) is 2.87. The van der Waals surface area contributed by atoms with Gasteiger partial charge in [-0.15, -0.1) is 0 Å². The lowest BCUT2D eigenvalue weighted by molar-refractivity contribution is -0.116. The molecule has 2 aliphatic rings. The highest BCUT2D eigenvalue weighted by molar-refractivity contribution is 5.86. The molecule has 2 saturated carbocycles. The van der Waals surface area contributed by atoms with Gasteiger partial charge < -0.3 is 5.32 Å². The van der Waals surface area contributed by atoms with Gasteiger partial charge in [0.1, 0.15) is 0 Å². The van der Waals surface area contributed by atoms with Gasteiger partial charge in [0.25, 0.3) is 0 Å². The summed E-state index contributed by atoms with van der Waals surface area (Å²) >= 11 is 0. The molecular weight excluding hydrogens is 402 g/mol. The molecular formula is C31H49NO. The van der Waals surface area contributed by atoms with Gasteiger partial charge in [-0.2, -0.15) is 0 Å². The van der Waals surface area contributed by atoms with Crippen LogP contribution in [0.2, 0.25) is 0 Å². The Labute approximate surface area is 204 Å². The van der Waals surface area contributed by atoms with E-state index in [2.05, 4.69) is 43.1 Å². The molecule has 0 aliphatic heterocycles. The third kappa shape index (κ3) is 9.30. The van der Waals surface area contributed by atoms with Gasteiger partial charge in [-0.1, -0.05) is 102 Å². The maximum atomic E-state index is 11.2. The van der Waals surface area contributed by atoms with Crippen LogP contribution in [-0.4, -0.2) is 12.5 Å². The molecule has 3 rings (SSSR count). The minimum absolute atomic E-state index is 0.0777. The van der Waals surface area contributed by atoms with E-state index in [1.165, 1.54) is 102 Å². The summed E-state index contributed by atoms with van der Waals surface area (Å²) < 4.78 is 0. The lowest BCUT2D eigenvalue weighted by Crippen LogP contribution is -2.22. The number of aryl methyl sites for hydroxylation is 1. The van der Waals surface area contributed by atoms with E-state index in [4.69, 9.17) is 0 Å². The first kappa shape index (κ1) is 26.0. The van der Waals surface area contributed by atoms with Gasteiger partial charge in [0.05, 0.1) is 0 Å². The molecule has 0 bridgehead atoms. The van der Waals surface area contributed by atoms with Crippen LogP contribution in [0.15, 0.2) is 36.9 Å². The van der Waals surface area contributed by atoms with Crippen molar-refractivity contribution in [2.75, 3.05) is 6.54 Å². The molecule has 0 unspecified atom stereocenters. The Hall–Kier alpha value is -1.57. The van der Waals surface area contributed by atoms with Crippen LogP contribution in [0.4, 0.5) is 0 Å². The fourth-order valence-corrected chi connectivity index (χ4v) is 6.28. The Morgan fingerprint density at radius 1 is 0.848 bits per heavy atom. The molecule has 0 radical (unpaired) electrons. The number of carbonyl (C=O) groups excluding carboxylic acids is 1. The summed E-state index contributed by atoms with van der Waals surface area (Å²) in [6, 6.07) is 9.33. The molecule has 0 saturated heterocycles. The fraction of sp³-hybridized carbons (Fsp3) is 0.710. The second kappa shape index (κ2) is 14.6. The second-order valence-corrected chi connectivity index (χ2v) is 11.0. The van der Waals surface area contributed by atoms with Gasteiger partial charge in [0.15, 0.2) is 0 Å². The summed E-state index contributed by atoms with van der Waals surface area (Å²) in [6.45, 7) is 6.53. The van der Waals surface area contributed by atoms with E-state index in [1.54, 1.807) is 5.56 Å². The van der Waals surface area contributed by atoms with Crippen LogP contribution in [-0.2, 0) is 11.2 Å². The number of unbranched alkanes of at least 4 members (excludes halogenated alkanes) is 2. The summed E-state index contributed by atoms with van der Waals surface area (Å²) in [5, 5.41) is 2.85. The monoisotopic (exact) mass is 451 g/mol. The van der Waals surface area contributed by atoms with Crippen LogP contribution in [0.3, 0.4) is 0 Å². The van der Waals surface area contributed by atoms with Crippen LogP contribution in [0.25, 0.3) is 0 Å². The molecule has 2 fully saturated rings. The Kier molecular flexibility index (Phi) is 11.6. The van der Waals surface area contributed by atoms with Crippen LogP contribution < -0.4 is 5.32 Å². The topological polar surface area (TPSA) is 29.1 Å². The van der Waals surface area contributed by atoms with Crippen molar-refractivity contribution in [3.05, 3.63) is 48.0 Å². The molecule has 184 valence electrons. The van der Waals surface area contributed by atoms with Gasteiger partial charge in [-0.25, -0.2) is 0 Å². The van der Waals surface area contributed by atoms with Crippen molar-refractivity contribution in [1.82, 2.24) is 5.32 Å². The molecule has 33 heavy (non-hydrogen) atoms. The third-order valence-electron chi connectivity index (χ3n) is 8.59. The van der Waals surface area contributed by atoms with E-state index in [9.17, 15) is 4.79 Å². The summed E-state index contributed by atoms with van der Waals surface area (Å²) in [7, 11) is 0. The van der Waals surface area contributed by atoms with Gasteiger partial charge in [-0.3, -0.25) is 4.79 Å². The van der Waals surface area contributed by atoms with Crippen molar-refractivity contribution in [3.8, 4) is 0 Å². The molecule has 1 amide bonds. The number of amides is 1. The van der Waals surface area contributed by atoms with E-state index in [0.717, 1.165) is 43.1 Å². The van der Waals surface area contributed by atoms with Crippen LogP contribution >= 0.6 is 0 Å². The van der Waals surface area contributed by atoms with E-state index >= 15 is 0 Å². The number of rotatable bonds is 13. The highest BCUT2D eigenvalue weighted by Gasteiger charge is 2.25. The second-order valence-electron chi connectivity index (χ2n) is 11.0. The quantitative estimate of drug-likeness (QED) is 0.237. The summed E-state index contributed by atoms with van der Waals surface area (Å²) in [5.41, 5.74) is 2.92. The maximum Gasteiger partial charge on any atom is 0.243 e. The van der Waals surface area contributed by atoms with Crippen molar-refractivity contribution >= 4 is 5.91 Å². The summed E-state index contributed by atoms with van der Waals surface area (Å²) in [6.07, 6.45) is 23.8. The maximum absolute atomic E-state index is 11.2. The zero-order chi connectivity index (χ0) is 23.3. The summed E-state index contributed by atoms with van der Waals surface area (Å²) in [5.74, 6) is 3.75. The van der Waals surface area contributed by atoms with Gasteiger partial charge in [0.2, 0.25) is 5.91 Å². The first-order valence-electron chi connectivity index (χ1n) is 14.2. The lowest BCUT2D eigenvalue weighted by Gasteiger charge is -2.32. The Balaban J connectivity index is 1.28. The smallest absolute Gasteiger partial charge is 0.243 e. The van der Waals surface area contributed by atoms with E-state index in [0.29, 0.717) is 0 Å². The molecule has 2 heteroatoms. The van der Waals surface area contributed by atoms with Gasteiger partial charge in [-0.05, 0) is 79.4 Å². The number of hydrogen-bond acceptors (Lipinski definition) is 1. The number of carbonyl (C=O) groups is 1. The molecule has 1 aromatic carbocycles. The first-order chi connectivity index (χ1) is 16.2. The highest BCUT2D eigenvalue weighted by atomic mass is 16.1. The molecule has 0 spiro atoms. The Morgan fingerprint density at radius 2 is 1.42 bits per heavy atom. The molecule has 0 aromatic heterocycles. The predicted octanol–water partition coefficient (Wildman–Crippen LogP) is 8.36. The third-order valence-corrected chi connectivity index (χ3v) is 8.59. The Morgan fingerprint density at radius 3 is 2.00 bits per heavy atom. The number of nitrogens with one attached hydrogen (secondary N) is 1. The normalized spacial score (nSPS) is 25.5. The minimum Gasteiger partial charge on any atom is -0.353 e. The molecule has 2 aliphatic carbocycles. The van der Waals surface area contributed by atoms with Crippen LogP contribution in [0.5, 0.6) is 0 Å². The van der Waals surface area contributed by atoms with E-state index in [1.807, 2.05) is 0 Å². The first-order valence-corrected chi connectivity index (χ1v) is 14.2. The Bertz CT molecular complexity index is 677. The molecule has 2 nitrogen and oxygen atoms in total. The predicted molar refractivity (Wildman–Crippen MR) is 141 cm³/mol. The minimum atomic E-state index is -0.0777. The molecule has 0 heterocycles. The standard InChI is InChI=1S/C31H49NO/c1-3-5-6-8-25-10-12-27(13-11-25)14-15-28-18-22-30(23-19-28)29-20-16-26(17-21-29)9-7-24-32-31(33)4-2/h4,16-17,20-21,25,27-28,30H,2-3,5-15,18-19,22-24H2,1H3,(H,32,33). The number of benzene rings is 1. The highest BCUT2D eigenvalue weighted by Crippen LogP contribution is 2.40. The van der Waals surface area contributed by atoms with Crippen molar-refractivity contribution in [1.29, 1.82) is 0 Å². The molecule has 1 aromatic rings. The van der Waals surface area contributed by atoms with Crippen LogP contribution in [0, 0.1) is 17.8 Å². The van der Waals surface area contributed by atoms with Crippen molar-refractivity contribution in [2.24, 2.45) is 17.8 Å². The number of hydrogen-bond donors (Lipinski definition) is 1. The average molecular weight is 452 g/mol. The fourth-order valence-electron chi connectivity index (χ4n) is 6.28. The van der Waals surface area contributed by atoms with Crippen molar-refractivity contribution in [3.63, 3.8) is 0 Å². The van der Waals surface area contributed by atoms with Crippen LogP contribution in [0.1, 0.15) is 120 Å². The van der Waals surface area contributed by atoms with Crippen molar-refractivity contribution < 1.29 is 4.79 Å². The SMILES string of the molecule is C=CC(=O)NCCCc1ccc(C2CCC(CCC3CCC(CCCCC)CC3)CC2)cc1. The van der Waals surface area contributed by atoms with Gasteiger partial charge in [0, 0.05) is 6.54 Å². The van der Waals surface area contributed by atoms with Gasteiger partial charge >= 0.3 is 0 Å². The molecule has 0 atom stereocenters. The molecule has 1 N–H and O–H groups in total. The van der Waals surface area contributed by atoms with E-state index in [-0.39, 0.29) is 5.91 Å². The zero-order valence-electron chi connectivity index (χ0n) is 21.3.